The van der Waals surface area contributed by atoms with Gasteiger partial charge in [-0.2, -0.15) is 0 Å². The lowest BCUT2D eigenvalue weighted by Gasteiger charge is -2.13. The molecule has 0 aliphatic rings. The number of aryl methyl sites for hydroxylation is 1. The maximum Gasteiger partial charge on any atom is 0.338 e. The van der Waals surface area contributed by atoms with Crippen molar-refractivity contribution >= 4 is 32.5 Å². The fraction of sp³-hybridized carbons (Fsp3) is 0.0556. The number of anilines is 1. The zero-order valence-electron chi connectivity index (χ0n) is 12.9. The Kier molecular flexibility index (Phi) is 3.99. The largest absolute Gasteiger partial charge is 0.478 e. The number of nitrogens with one attached hydrogen (secondary N) is 1. The number of fused-ring (bicyclic) bond motifs is 1. The minimum absolute atomic E-state index is 0.0442. The van der Waals surface area contributed by atoms with Crippen molar-refractivity contribution in [2.24, 2.45) is 0 Å². The SMILES string of the molecule is Cc1cccc(S(=O)(=O)Nc2ccc3ccccc3c2C(=O)O)c1. The van der Waals surface area contributed by atoms with E-state index in [9.17, 15) is 18.3 Å². The summed E-state index contributed by atoms with van der Waals surface area (Å²) in [5.74, 6) is -1.19. The Labute approximate surface area is 139 Å². The third kappa shape index (κ3) is 2.96. The second-order valence-electron chi connectivity index (χ2n) is 5.44. The zero-order chi connectivity index (χ0) is 17.3. The Bertz CT molecular complexity index is 1040. The number of carbonyl (C=O) groups is 1. The standard InChI is InChI=1S/C18H15NO4S/c1-12-5-4-7-14(11-12)24(22,23)19-16-10-9-13-6-2-3-8-15(13)17(16)18(20)21/h2-11,19H,1H3,(H,20,21). The summed E-state index contributed by atoms with van der Waals surface area (Å²) in [6.07, 6.45) is 0. The van der Waals surface area contributed by atoms with Gasteiger partial charge in [-0.15, -0.1) is 0 Å². The van der Waals surface area contributed by atoms with E-state index < -0.39 is 16.0 Å². The Morgan fingerprint density at radius 1 is 1.00 bits per heavy atom. The van der Waals surface area contributed by atoms with Crippen LogP contribution in [0.3, 0.4) is 0 Å². The first-order valence-corrected chi connectivity index (χ1v) is 8.71. The molecule has 3 aromatic rings. The molecule has 5 nitrogen and oxygen atoms in total. The molecule has 0 fully saturated rings. The normalized spacial score (nSPS) is 11.4. The molecule has 24 heavy (non-hydrogen) atoms. The zero-order valence-corrected chi connectivity index (χ0v) is 13.7. The summed E-state index contributed by atoms with van der Waals surface area (Å²) >= 11 is 0. The van der Waals surface area contributed by atoms with E-state index in [0.29, 0.717) is 5.39 Å². The van der Waals surface area contributed by atoms with Crippen LogP contribution in [0.25, 0.3) is 10.8 Å². The van der Waals surface area contributed by atoms with Crippen LogP contribution in [-0.2, 0) is 10.0 Å². The molecule has 0 amide bonds. The summed E-state index contributed by atoms with van der Waals surface area (Å²) in [5.41, 5.74) is 0.780. The smallest absolute Gasteiger partial charge is 0.338 e. The van der Waals surface area contributed by atoms with Crippen LogP contribution < -0.4 is 4.72 Å². The number of carboxylic acids is 1. The molecule has 0 aliphatic carbocycles. The molecule has 2 N–H and O–H groups in total. The monoisotopic (exact) mass is 341 g/mol. The van der Waals surface area contributed by atoms with Crippen molar-refractivity contribution in [3.05, 3.63) is 71.8 Å². The predicted octanol–water partition coefficient (Wildman–Crippen LogP) is 3.65. The molecule has 0 unspecified atom stereocenters. The number of carboxylic acid groups (broad SMARTS) is 1. The van der Waals surface area contributed by atoms with Gasteiger partial charge in [0.15, 0.2) is 0 Å². The fourth-order valence-electron chi connectivity index (χ4n) is 2.57. The van der Waals surface area contributed by atoms with Crippen LogP contribution in [-0.4, -0.2) is 19.5 Å². The molecule has 0 heterocycles. The highest BCUT2D eigenvalue weighted by Crippen LogP contribution is 2.28. The van der Waals surface area contributed by atoms with E-state index in [1.807, 2.05) is 0 Å². The molecule has 3 rings (SSSR count). The lowest BCUT2D eigenvalue weighted by Crippen LogP contribution is -2.16. The first-order valence-electron chi connectivity index (χ1n) is 7.23. The molecule has 0 bridgehead atoms. The van der Waals surface area contributed by atoms with Gasteiger partial charge >= 0.3 is 5.97 Å². The van der Waals surface area contributed by atoms with Crippen LogP contribution in [0.15, 0.2) is 65.6 Å². The molecular weight excluding hydrogens is 326 g/mol. The van der Waals surface area contributed by atoms with Gasteiger partial charge in [0, 0.05) is 0 Å². The van der Waals surface area contributed by atoms with Gasteiger partial charge in [-0.25, -0.2) is 13.2 Å². The highest BCUT2D eigenvalue weighted by atomic mass is 32.2. The predicted molar refractivity (Wildman–Crippen MR) is 92.9 cm³/mol. The van der Waals surface area contributed by atoms with E-state index in [0.717, 1.165) is 10.9 Å². The van der Waals surface area contributed by atoms with Crippen molar-refractivity contribution in [1.29, 1.82) is 0 Å². The van der Waals surface area contributed by atoms with Gasteiger partial charge < -0.3 is 5.11 Å². The first-order chi connectivity index (χ1) is 11.4. The van der Waals surface area contributed by atoms with Gasteiger partial charge in [0.2, 0.25) is 0 Å². The summed E-state index contributed by atoms with van der Waals surface area (Å²) < 4.78 is 27.5. The number of hydrogen-bond acceptors (Lipinski definition) is 3. The minimum Gasteiger partial charge on any atom is -0.478 e. The van der Waals surface area contributed by atoms with Gasteiger partial charge in [-0.1, -0.05) is 42.5 Å². The first kappa shape index (κ1) is 16.0. The second kappa shape index (κ2) is 5.98. The van der Waals surface area contributed by atoms with Crippen LogP contribution >= 0.6 is 0 Å². The quantitative estimate of drug-likeness (QED) is 0.759. The van der Waals surface area contributed by atoms with E-state index in [-0.39, 0.29) is 16.1 Å². The Balaban J connectivity index is 2.13. The number of hydrogen-bond donors (Lipinski definition) is 2. The summed E-state index contributed by atoms with van der Waals surface area (Å²) in [4.78, 5) is 11.8. The topological polar surface area (TPSA) is 83.5 Å². The number of sulfonamides is 1. The van der Waals surface area contributed by atoms with Crippen molar-refractivity contribution in [2.45, 2.75) is 11.8 Å². The van der Waals surface area contributed by atoms with Crippen molar-refractivity contribution in [1.82, 2.24) is 0 Å². The molecule has 0 aliphatic heterocycles. The van der Waals surface area contributed by atoms with E-state index in [4.69, 9.17) is 0 Å². The number of aromatic carboxylic acids is 1. The number of benzene rings is 3. The van der Waals surface area contributed by atoms with Gasteiger partial charge in [0.1, 0.15) is 0 Å². The molecule has 3 aromatic carbocycles. The Hall–Kier alpha value is -2.86. The van der Waals surface area contributed by atoms with Crippen LogP contribution in [0.2, 0.25) is 0 Å². The lowest BCUT2D eigenvalue weighted by molar-refractivity contribution is 0.0700. The van der Waals surface area contributed by atoms with Crippen LogP contribution in [0.1, 0.15) is 15.9 Å². The third-order valence-corrected chi connectivity index (χ3v) is 5.05. The second-order valence-corrected chi connectivity index (χ2v) is 7.12. The Morgan fingerprint density at radius 2 is 1.75 bits per heavy atom. The maximum atomic E-state index is 12.6. The molecular formula is C18H15NO4S. The molecule has 0 saturated heterocycles. The summed E-state index contributed by atoms with van der Waals surface area (Å²) in [7, 11) is -3.87. The van der Waals surface area contributed by atoms with Crippen molar-refractivity contribution < 1.29 is 18.3 Å². The summed E-state index contributed by atoms with van der Waals surface area (Å²) in [6.45, 7) is 1.79. The van der Waals surface area contributed by atoms with Crippen LogP contribution in [0.5, 0.6) is 0 Å². The highest BCUT2D eigenvalue weighted by Gasteiger charge is 2.20. The lowest BCUT2D eigenvalue weighted by atomic mass is 10.0. The van der Waals surface area contributed by atoms with Crippen LogP contribution in [0.4, 0.5) is 5.69 Å². The van der Waals surface area contributed by atoms with Gasteiger partial charge in [0.25, 0.3) is 10.0 Å². The van der Waals surface area contributed by atoms with Crippen molar-refractivity contribution in [2.75, 3.05) is 4.72 Å². The van der Waals surface area contributed by atoms with E-state index in [1.165, 1.54) is 18.2 Å². The average molecular weight is 341 g/mol. The van der Waals surface area contributed by atoms with E-state index in [1.54, 1.807) is 49.4 Å². The average Bonchev–Trinajstić information content (AvgIpc) is 2.54. The third-order valence-electron chi connectivity index (χ3n) is 3.69. The van der Waals surface area contributed by atoms with Gasteiger partial charge in [-0.3, -0.25) is 4.72 Å². The maximum absolute atomic E-state index is 12.6. The van der Waals surface area contributed by atoms with Gasteiger partial charge in [-0.05, 0) is 41.5 Å². The number of rotatable bonds is 4. The van der Waals surface area contributed by atoms with Crippen molar-refractivity contribution in [3.63, 3.8) is 0 Å². The summed E-state index contributed by atoms with van der Waals surface area (Å²) in [6, 6.07) is 16.5. The molecule has 0 aromatic heterocycles. The van der Waals surface area contributed by atoms with Gasteiger partial charge in [0.05, 0.1) is 16.1 Å². The molecule has 0 spiro atoms. The van der Waals surface area contributed by atoms with Crippen LogP contribution in [0, 0.1) is 6.92 Å². The minimum atomic E-state index is -3.87. The van der Waals surface area contributed by atoms with E-state index in [2.05, 4.69) is 4.72 Å². The Morgan fingerprint density at radius 3 is 2.46 bits per heavy atom. The summed E-state index contributed by atoms with van der Waals surface area (Å²) in [5, 5.41) is 10.8. The molecule has 122 valence electrons. The molecule has 6 heteroatoms. The van der Waals surface area contributed by atoms with Crippen molar-refractivity contribution in [3.8, 4) is 0 Å². The fourth-order valence-corrected chi connectivity index (χ4v) is 3.75. The molecule has 0 saturated carbocycles. The highest BCUT2D eigenvalue weighted by molar-refractivity contribution is 7.92. The van der Waals surface area contributed by atoms with E-state index >= 15 is 0 Å². The molecule has 0 radical (unpaired) electrons. The molecule has 0 atom stereocenters.